The zero-order valence-corrected chi connectivity index (χ0v) is 21.4. The van der Waals surface area contributed by atoms with Gasteiger partial charge in [0, 0.05) is 35.3 Å². The van der Waals surface area contributed by atoms with E-state index in [1.54, 1.807) is 33.6 Å². The molecule has 9 heteroatoms. The van der Waals surface area contributed by atoms with E-state index >= 15 is 0 Å². The minimum Gasteiger partial charge on any atom is -0.377 e. The van der Waals surface area contributed by atoms with Gasteiger partial charge in [0.25, 0.3) is 0 Å². The zero-order chi connectivity index (χ0) is 24.0. The van der Waals surface area contributed by atoms with Crippen LogP contribution in [0, 0.1) is 0 Å². The second-order valence-electron chi connectivity index (χ2n) is 7.75. The molecule has 0 saturated heterocycles. The van der Waals surface area contributed by atoms with Crippen LogP contribution in [-0.4, -0.2) is 43.6 Å². The first-order valence-electron chi connectivity index (χ1n) is 11.0. The molecular weight excluding hydrogens is 481 g/mol. The number of carbonyl (C=O) groups excluding carboxylic acids is 1. The largest absolute Gasteiger partial charge is 0.377 e. The maximum Gasteiger partial charge on any atom is 0.225 e. The fourth-order valence-electron chi connectivity index (χ4n) is 3.79. The summed E-state index contributed by atoms with van der Waals surface area (Å²) in [6.07, 6.45) is 4.45. The molecule has 6 nitrogen and oxygen atoms in total. The van der Waals surface area contributed by atoms with Crippen molar-refractivity contribution in [1.29, 1.82) is 0 Å². The van der Waals surface area contributed by atoms with Crippen molar-refractivity contribution in [2.45, 2.75) is 57.5 Å². The predicted octanol–water partition coefficient (Wildman–Crippen LogP) is 5.58. The lowest BCUT2D eigenvalue weighted by Crippen LogP contribution is -2.55. The monoisotopic (exact) mass is 509 g/mol. The number of nitrogens with zero attached hydrogens (tertiary/aromatic N) is 3. The number of pyridine rings is 1. The van der Waals surface area contributed by atoms with E-state index in [4.69, 9.17) is 27.9 Å². The average molecular weight is 510 g/mol. The first kappa shape index (κ1) is 25.7. The number of ether oxygens (including phenoxy) is 1. The SMILES string of the molecule is CCCC[C@H]1C(COCC)=C(N(Cc2ccccn2)C(C)=O)N1S(=O)c1cc(Cl)cc(Cl)c1. The molecule has 0 aliphatic carbocycles. The van der Waals surface area contributed by atoms with Crippen LogP contribution in [0.3, 0.4) is 0 Å². The molecule has 0 saturated carbocycles. The first-order chi connectivity index (χ1) is 15.9. The quantitative estimate of drug-likeness (QED) is 0.396. The standard InChI is InChI=1S/C24H29Cl2N3O3S/c1-4-6-10-23-22(16-32-5-2)24(28(17(3)30)15-20-9-7-8-11-27-20)29(23)33(31)21-13-18(25)12-19(26)14-21/h7-9,11-14,23H,4-6,10,15-16H2,1-3H3/t23-,33?/m0/s1. The summed E-state index contributed by atoms with van der Waals surface area (Å²) in [6, 6.07) is 10.4. The second-order valence-corrected chi connectivity index (χ2v) is 9.99. The summed E-state index contributed by atoms with van der Waals surface area (Å²) >= 11 is 12.4. The molecule has 2 heterocycles. The average Bonchev–Trinajstić information content (AvgIpc) is 2.77. The molecule has 0 bridgehead atoms. The number of benzene rings is 1. The van der Waals surface area contributed by atoms with E-state index in [-0.39, 0.29) is 18.5 Å². The van der Waals surface area contributed by atoms with Crippen LogP contribution in [0.15, 0.2) is 58.9 Å². The molecule has 1 unspecified atom stereocenters. The Morgan fingerprint density at radius 1 is 1.21 bits per heavy atom. The summed E-state index contributed by atoms with van der Waals surface area (Å²) in [5.41, 5.74) is 1.71. The number of halogens is 2. The van der Waals surface area contributed by atoms with Gasteiger partial charge < -0.3 is 4.74 Å². The van der Waals surface area contributed by atoms with Crippen LogP contribution in [0.1, 0.15) is 45.7 Å². The Morgan fingerprint density at radius 2 is 1.94 bits per heavy atom. The normalized spacial score (nSPS) is 16.5. The Hall–Kier alpha value is -1.93. The van der Waals surface area contributed by atoms with Crippen molar-refractivity contribution in [3.63, 3.8) is 0 Å². The maximum atomic E-state index is 13.8. The van der Waals surface area contributed by atoms with E-state index < -0.39 is 11.0 Å². The highest BCUT2D eigenvalue weighted by molar-refractivity contribution is 7.83. The molecule has 1 aromatic heterocycles. The van der Waals surface area contributed by atoms with Gasteiger partial charge in [-0.2, -0.15) is 0 Å². The van der Waals surface area contributed by atoms with Gasteiger partial charge in [0.05, 0.1) is 29.8 Å². The van der Waals surface area contributed by atoms with Gasteiger partial charge in [0.15, 0.2) is 11.0 Å². The Balaban J connectivity index is 2.07. The summed E-state index contributed by atoms with van der Waals surface area (Å²) in [5, 5.41) is 0.821. The number of amides is 1. The predicted molar refractivity (Wildman–Crippen MR) is 132 cm³/mol. The molecule has 2 atom stereocenters. The second kappa shape index (κ2) is 12.0. The van der Waals surface area contributed by atoms with Gasteiger partial charge in [0.1, 0.15) is 5.82 Å². The molecule has 2 aromatic rings. The van der Waals surface area contributed by atoms with Crippen molar-refractivity contribution in [3.05, 3.63) is 69.7 Å². The summed E-state index contributed by atoms with van der Waals surface area (Å²) in [6.45, 7) is 6.74. The Bertz CT molecular complexity index is 1010. The minimum atomic E-state index is -1.61. The van der Waals surface area contributed by atoms with Gasteiger partial charge in [-0.15, -0.1) is 0 Å². The molecule has 1 aliphatic rings. The fraction of sp³-hybridized carbons (Fsp3) is 0.417. The van der Waals surface area contributed by atoms with Crippen molar-refractivity contribution in [2.75, 3.05) is 13.2 Å². The number of hydrogen-bond donors (Lipinski definition) is 0. The lowest BCUT2D eigenvalue weighted by molar-refractivity contribution is -0.129. The van der Waals surface area contributed by atoms with Crippen LogP contribution in [0.5, 0.6) is 0 Å². The summed E-state index contributed by atoms with van der Waals surface area (Å²) in [5.74, 6) is 0.446. The van der Waals surface area contributed by atoms with Crippen LogP contribution in [0.4, 0.5) is 0 Å². The first-order valence-corrected chi connectivity index (χ1v) is 12.9. The molecule has 3 rings (SSSR count). The molecule has 1 aromatic carbocycles. The molecule has 178 valence electrons. The van der Waals surface area contributed by atoms with Crippen molar-refractivity contribution in [2.24, 2.45) is 0 Å². The van der Waals surface area contributed by atoms with Crippen LogP contribution in [0.2, 0.25) is 10.0 Å². The summed E-state index contributed by atoms with van der Waals surface area (Å²) in [7, 11) is -1.61. The third-order valence-corrected chi connectivity index (χ3v) is 7.23. The molecular formula is C24H29Cl2N3O3S. The zero-order valence-electron chi connectivity index (χ0n) is 19.1. The van der Waals surface area contributed by atoms with E-state index in [0.29, 0.717) is 34.0 Å². The Labute approximate surface area is 208 Å². The van der Waals surface area contributed by atoms with Gasteiger partial charge in [-0.1, -0.05) is 49.0 Å². The van der Waals surface area contributed by atoms with Crippen LogP contribution in [0.25, 0.3) is 0 Å². The van der Waals surface area contributed by atoms with E-state index in [2.05, 4.69) is 11.9 Å². The number of aromatic nitrogens is 1. The lowest BCUT2D eigenvalue weighted by atomic mass is 9.94. The van der Waals surface area contributed by atoms with Crippen LogP contribution in [-0.2, 0) is 27.1 Å². The lowest BCUT2D eigenvalue weighted by Gasteiger charge is -2.48. The van der Waals surface area contributed by atoms with Gasteiger partial charge in [-0.25, -0.2) is 4.21 Å². The third-order valence-electron chi connectivity index (χ3n) is 5.37. The van der Waals surface area contributed by atoms with Crippen LogP contribution >= 0.6 is 23.2 Å². The minimum absolute atomic E-state index is 0.115. The topological polar surface area (TPSA) is 62.7 Å². The van der Waals surface area contributed by atoms with Gasteiger partial charge in [-0.05, 0) is 43.7 Å². The van der Waals surface area contributed by atoms with E-state index in [9.17, 15) is 9.00 Å². The summed E-state index contributed by atoms with van der Waals surface area (Å²) in [4.78, 5) is 19.3. The fourth-order valence-corrected chi connectivity index (χ4v) is 5.97. The van der Waals surface area contributed by atoms with E-state index in [1.807, 2.05) is 25.1 Å². The molecule has 1 aliphatic heterocycles. The molecule has 33 heavy (non-hydrogen) atoms. The Kier molecular flexibility index (Phi) is 9.32. The maximum absolute atomic E-state index is 13.8. The molecule has 0 N–H and O–H groups in total. The van der Waals surface area contributed by atoms with E-state index in [0.717, 1.165) is 30.5 Å². The van der Waals surface area contributed by atoms with Crippen molar-refractivity contribution in [3.8, 4) is 0 Å². The third kappa shape index (κ3) is 6.15. The highest BCUT2D eigenvalue weighted by Crippen LogP contribution is 2.41. The summed E-state index contributed by atoms with van der Waals surface area (Å²) < 4.78 is 21.4. The number of unbranched alkanes of at least 4 members (excludes halogenated alkanes) is 1. The highest BCUT2D eigenvalue weighted by atomic mass is 35.5. The van der Waals surface area contributed by atoms with Crippen LogP contribution < -0.4 is 0 Å². The van der Waals surface area contributed by atoms with Crippen molar-refractivity contribution in [1.82, 2.24) is 14.2 Å². The Morgan fingerprint density at radius 3 is 2.52 bits per heavy atom. The number of hydrogen-bond acceptors (Lipinski definition) is 4. The smallest absolute Gasteiger partial charge is 0.225 e. The van der Waals surface area contributed by atoms with Crippen molar-refractivity contribution < 1.29 is 13.7 Å². The van der Waals surface area contributed by atoms with Crippen molar-refractivity contribution >= 4 is 40.1 Å². The highest BCUT2D eigenvalue weighted by Gasteiger charge is 2.44. The van der Waals surface area contributed by atoms with E-state index in [1.165, 1.54) is 6.92 Å². The van der Waals surface area contributed by atoms with Gasteiger partial charge >= 0.3 is 0 Å². The molecule has 0 radical (unpaired) electrons. The molecule has 1 amide bonds. The molecule has 0 fully saturated rings. The van der Waals surface area contributed by atoms with Gasteiger partial charge in [0.2, 0.25) is 5.91 Å². The number of carbonyl (C=O) groups is 1. The van der Waals surface area contributed by atoms with Gasteiger partial charge in [-0.3, -0.25) is 19.0 Å². The molecule has 0 spiro atoms. The number of rotatable bonds is 11.